The average molecular weight is 319 g/mol. The van der Waals surface area contributed by atoms with Crippen molar-refractivity contribution in [2.45, 2.75) is 18.9 Å². The van der Waals surface area contributed by atoms with E-state index in [0.29, 0.717) is 29.0 Å². The number of hydrogen-bond donors (Lipinski definition) is 1. The first-order valence-electron chi connectivity index (χ1n) is 7.79. The molecule has 1 aliphatic carbocycles. The van der Waals surface area contributed by atoms with Gasteiger partial charge in [0.05, 0.1) is 5.57 Å². The monoisotopic (exact) mass is 318 g/mol. The van der Waals surface area contributed by atoms with Gasteiger partial charge in [0.15, 0.2) is 0 Å². The summed E-state index contributed by atoms with van der Waals surface area (Å²) in [7, 11) is 0. The number of nitrogens with zero attached hydrogens (tertiary/aromatic N) is 1. The van der Waals surface area contributed by atoms with Crippen molar-refractivity contribution in [3.8, 4) is 5.75 Å². The van der Waals surface area contributed by atoms with Crippen LogP contribution in [0.15, 0.2) is 23.8 Å². The van der Waals surface area contributed by atoms with Crippen molar-refractivity contribution in [2.24, 2.45) is 17.6 Å². The lowest BCUT2D eigenvalue weighted by Gasteiger charge is -2.23. The van der Waals surface area contributed by atoms with Crippen LogP contribution < -0.4 is 10.5 Å². The van der Waals surface area contributed by atoms with Gasteiger partial charge in [-0.15, -0.1) is 0 Å². The van der Waals surface area contributed by atoms with E-state index in [-0.39, 0.29) is 11.9 Å². The molecule has 4 nitrogen and oxygen atoms in total. The molecule has 0 bridgehead atoms. The van der Waals surface area contributed by atoms with Crippen molar-refractivity contribution >= 4 is 23.6 Å². The Hall–Kier alpha value is -1.52. The molecule has 2 heterocycles. The summed E-state index contributed by atoms with van der Waals surface area (Å²) in [6.07, 6.45) is 4.14. The second kappa shape index (κ2) is 5.28. The standard InChI is InChI=1S/C17H19ClN2O2/c18-13-2-4-16-11(6-13)5-12(9-22-16)17(21)20-7-10-1-3-15(19)14(10)8-20/h2,4-6,10,14-15H,1,3,7-9,19H2. The highest BCUT2D eigenvalue weighted by Gasteiger charge is 2.43. The zero-order chi connectivity index (χ0) is 15.3. The van der Waals surface area contributed by atoms with Crippen LogP contribution in [0.3, 0.4) is 0 Å². The van der Waals surface area contributed by atoms with Crippen molar-refractivity contribution < 1.29 is 9.53 Å². The summed E-state index contributed by atoms with van der Waals surface area (Å²) in [4.78, 5) is 14.7. The van der Waals surface area contributed by atoms with Crippen LogP contribution in [-0.2, 0) is 4.79 Å². The summed E-state index contributed by atoms with van der Waals surface area (Å²) in [5, 5.41) is 0.647. The van der Waals surface area contributed by atoms with Crippen LogP contribution in [0.4, 0.5) is 0 Å². The van der Waals surface area contributed by atoms with Crippen molar-refractivity contribution in [2.75, 3.05) is 19.7 Å². The smallest absolute Gasteiger partial charge is 0.253 e. The van der Waals surface area contributed by atoms with E-state index in [1.165, 1.54) is 0 Å². The van der Waals surface area contributed by atoms with Crippen molar-refractivity contribution in [3.05, 3.63) is 34.4 Å². The molecule has 0 radical (unpaired) electrons. The summed E-state index contributed by atoms with van der Waals surface area (Å²) in [6, 6.07) is 5.72. The number of hydrogen-bond acceptors (Lipinski definition) is 3. The van der Waals surface area contributed by atoms with Gasteiger partial charge < -0.3 is 15.4 Å². The summed E-state index contributed by atoms with van der Waals surface area (Å²) in [5.74, 6) is 1.90. The highest BCUT2D eigenvalue weighted by Crippen LogP contribution is 2.38. The molecule has 3 unspecified atom stereocenters. The first-order chi connectivity index (χ1) is 10.6. The topological polar surface area (TPSA) is 55.6 Å². The molecule has 3 aliphatic rings. The number of ether oxygens (including phenoxy) is 1. The molecule has 1 amide bonds. The van der Waals surface area contributed by atoms with Gasteiger partial charge in [0.1, 0.15) is 12.4 Å². The maximum Gasteiger partial charge on any atom is 0.253 e. The SMILES string of the molecule is NC1CCC2CN(C(=O)C3=Cc4cc(Cl)ccc4OC3)CC12. The second-order valence-electron chi connectivity index (χ2n) is 6.52. The second-order valence-corrected chi connectivity index (χ2v) is 6.95. The Morgan fingerprint density at radius 3 is 3.00 bits per heavy atom. The molecule has 1 saturated carbocycles. The van der Waals surface area contributed by atoms with E-state index < -0.39 is 0 Å². The van der Waals surface area contributed by atoms with E-state index in [4.69, 9.17) is 22.1 Å². The molecule has 2 aliphatic heterocycles. The number of fused-ring (bicyclic) bond motifs is 2. The van der Waals surface area contributed by atoms with E-state index in [0.717, 1.165) is 37.2 Å². The Bertz CT molecular complexity index is 658. The van der Waals surface area contributed by atoms with E-state index in [1.54, 1.807) is 6.07 Å². The molecule has 1 saturated heterocycles. The predicted molar refractivity (Wildman–Crippen MR) is 85.7 cm³/mol. The minimum absolute atomic E-state index is 0.0761. The molecule has 2 N–H and O–H groups in total. The molecule has 0 spiro atoms. The van der Waals surface area contributed by atoms with E-state index in [1.807, 2.05) is 23.1 Å². The number of carbonyl (C=O) groups is 1. The molecule has 3 atom stereocenters. The van der Waals surface area contributed by atoms with E-state index in [2.05, 4.69) is 0 Å². The van der Waals surface area contributed by atoms with Gasteiger partial charge in [-0.05, 0) is 49.0 Å². The van der Waals surface area contributed by atoms with Gasteiger partial charge in [0.2, 0.25) is 0 Å². The number of rotatable bonds is 1. The third-order valence-corrected chi connectivity index (χ3v) is 5.39. The number of nitrogens with two attached hydrogens (primary N) is 1. The van der Waals surface area contributed by atoms with Crippen LogP contribution in [0.2, 0.25) is 5.02 Å². The molecule has 1 aromatic rings. The Balaban J connectivity index is 1.54. The Morgan fingerprint density at radius 2 is 2.18 bits per heavy atom. The summed E-state index contributed by atoms with van der Waals surface area (Å²) >= 11 is 6.02. The van der Waals surface area contributed by atoms with Crippen LogP contribution in [0.5, 0.6) is 5.75 Å². The summed E-state index contributed by atoms with van der Waals surface area (Å²) in [6.45, 7) is 1.94. The van der Waals surface area contributed by atoms with Gasteiger partial charge in [0.25, 0.3) is 5.91 Å². The molecular weight excluding hydrogens is 300 g/mol. The first-order valence-corrected chi connectivity index (χ1v) is 8.17. The maximum atomic E-state index is 12.7. The number of likely N-dealkylation sites (tertiary alicyclic amines) is 1. The Labute approximate surface area is 134 Å². The van der Waals surface area contributed by atoms with Crippen molar-refractivity contribution in [1.29, 1.82) is 0 Å². The van der Waals surface area contributed by atoms with Crippen LogP contribution in [0.25, 0.3) is 6.08 Å². The fraction of sp³-hybridized carbons (Fsp3) is 0.471. The summed E-state index contributed by atoms with van der Waals surface area (Å²) < 4.78 is 5.69. The van der Waals surface area contributed by atoms with Crippen molar-refractivity contribution in [3.63, 3.8) is 0 Å². The van der Waals surface area contributed by atoms with Gasteiger partial charge in [-0.2, -0.15) is 0 Å². The van der Waals surface area contributed by atoms with Crippen LogP contribution in [0.1, 0.15) is 18.4 Å². The minimum Gasteiger partial charge on any atom is -0.488 e. The molecule has 5 heteroatoms. The number of halogens is 1. The zero-order valence-electron chi connectivity index (χ0n) is 12.3. The average Bonchev–Trinajstić information content (AvgIpc) is 3.08. The van der Waals surface area contributed by atoms with Gasteiger partial charge in [-0.25, -0.2) is 0 Å². The number of benzene rings is 1. The lowest BCUT2D eigenvalue weighted by Crippen LogP contribution is -2.35. The van der Waals surface area contributed by atoms with Crippen molar-refractivity contribution in [1.82, 2.24) is 4.90 Å². The quantitative estimate of drug-likeness (QED) is 0.864. The molecule has 0 aromatic heterocycles. The fourth-order valence-electron chi connectivity index (χ4n) is 3.95. The highest BCUT2D eigenvalue weighted by atomic mass is 35.5. The summed E-state index contributed by atoms with van der Waals surface area (Å²) in [5.41, 5.74) is 7.72. The molecule has 1 aromatic carbocycles. The zero-order valence-corrected chi connectivity index (χ0v) is 13.1. The van der Waals surface area contributed by atoms with Crippen LogP contribution in [-0.4, -0.2) is 36.5 Å². The van der Waals surface area contributed by atoms with Gasteiger partial charge >= 0.3 is 0 Å². The third kappa shape index (κ3) is 2.31. The normalized spacial score (nSPS) is 29.6. The first kappa shape index (κ1) is 14.1. The highest BCUT2D eigenvalue weighted by molar-refractivity contribution is 6.30. The molecule has 116 valence electrons. The number of carbonyl (C=O) groups excluding carboxylic acids is 1. The molecular formula is C17H19ClN2O2. The van der Waals surface area contributed by atoms with E-state index >= 15 is 0 Å². The lowest BCUT2D eigenvalue weighted by molar-refractivity contribution is -0.126. The third-order valence-electron chi connectivity index (χ3n) is 5.16. The lowest BCUT2D eigenvalue weighted by atomic mass is 9.98. The van der Waals surface area contributed by atoms with Gasteiger partial charge in [-0.1, -0.05) is 11.6 Å². The molecule has 22 heavy (non-hydrogen) atoms. The fourth-order valence-corrected chi connectivity index (χ4v) is 4.13. The minimum atomic E-state index is 0.0761. The maximum absolute atomic E-state index is 12.7. The van der Waals surface area contributed by atoms with Gasteiger partial charge in [0, 0.05) is 29.7 Å². The molecule has 2 fully saturated rings. The number of amides is 1. The largest absolute Gasteiger partial charge is 0.488 e. The van der Waals surface area contributed by atoms with E-state index in [9.17, 15) is 4.79 Å². The predicted octanol–water partition coefficient (Wildman–Crippen LogP) is 2.31. The Kier molecular flexibility index (Phi) is 3.39. The van der Waals surface area contributed by atoms with Crippen LogP contribution >= 0.6 is 11.6 Å². The molecule has 4 rings (SSSR count). The van der Waals surface area contributed by atoms with Gasteiger partial charge in [-0.3, -0.25) is 4.79 Å². The Morgan fingerprint density at radius 1 is 1.32 bits per heavy atom. The van der Waals surface area contributed by atoms with Crippen LogP contribution in [0, 0.1) is 11.8 Å².